The molecule has 0 aliphatic heterocycles. The van der Waals surface area contributed by atoms with Crippen LogP contribution in [0.25, 0.3) is 0 Å². The van der Waals surface area contributed by atoms with Gasteiger partial charge in [-0.15, -0.1) is 0 Å². The molecule has 2 N–H and O–H groups in total. The zero-order valence-electron chi connectivity index (χ0n) is 10.3. The fourth-order valence-corrected chi connectivity index (χ4v) is 2.02. The van der Waals surface area contributed by atoms with E-state index < -0.39 is 5.54 Å². The van der Waals surface area contributed by atoms with Crippen LogP contribution in [0.15, 0.2) is 30.3 Å². The summed E-state index contributed by atoms with van der Waals surface area (Å²) in [5.41, 5.74) is 0.704. The van der Waals surface area contributed by atoms with E-state index in [2.05, 4.69) is 17.4 Å². The van der Waals surface area contributed by atoms with Crippen molar-refractivity contribution in [2.45, 2.75) is 31.7 Å². The molecule has 0 spiro atoms. The number of carbonyl (C=O) groups excluding carboxylic acids is 1. The van der Waals surface area contributed by atoms with Crippen LogP contribution < -0.4 is 5.32 Å². The molecule has 3 heteroatoms. The van der Waals surface area contributed by atoms with Crippen LogP contribution in [0.5, 0.6) is 0 Å². The fraction of sp³-hybridized carbons (Fsp3) is 0.500. The average molecular weight is 233 g/mol. The predicted octanol–water partition coefficient (Wildman–Crippen LogP) is 1.68. The van der Waals surface area contributed by atoms with E-state index in [1.54, 1.807) is 0 Å². The minimum Gasteiger partial charge on any atom is -0.394 e. The van der Waals surface area contributed by atoms with E-state index in [1.165, 1.54) is 5.56 Å². The number of amides is 1. The van der Waals surface area contributed by atoms with Gasteiger partial charge >= 0.3 is 0 Å². The highest BCUT2D eigenvalue weighted by atomic mass is 16.3. The summed E-state index contributed by atoms with van der Waals surface area (Å²) in [6.07, 6.45) is 0.914. The maximum atomic E-state index is 11.9. The van der Waals surface area contributed by atoms with Crippen molar-refractivity contribution in [2.75, 3.05) is 6.61 Å². The van der Waals surface area contributed by atoms with E-state index in [9.17, 15) is 4.79 Å². The van der Waals surface area contributed by atoms with Gasteiger partial charge in [-0.3, -0.25) is 4.79 Å². The van der Waals surface area contributed by atoms with Crippen molar-refractivity contribution >= 4 is 5.91 Å². The van der Waals surface area contributed by atoms with Crippen LogP contribution in [-0.2, 0) is 4.79 Å². The van der Waals surface area contributed by atoms with Crippen LogP contribution in [0.3, 0.4) is 0 Å². The van der Waals surface area contributed by atoms with Crippen molar-refractivity contribution < 1.29 is 9.90 Å². The summed E-state index contributed by atoms with van der Waals surface area (Å²) < 4.78 is 0. The van der Waals surface area contributed by atoms with Crippen molar-refractivity contribution in [3.8, 4) is 0 Å². The van der Waals surface area contributed by atoms with Gasteiger partial charge in [0, 0.05) is 5.92 Å². The Morgan fingerprint density at radius 3 is 2.65 bits per heavy atom. The van der Waals surface area contributed by atoms with E-state index >= 15 is 0 Å². The molecular weight excluding hydrogens is 214 g/mol. The number of rotatable bonds is 4. The first-order chi connectivity index (χ1) is 8.03. The molecule has 0 saturated heterocycles. The largest absolute Gasteiger partial charge is 0.394 e. The molecule has 1 aliphatic carbocycles. The number of nitrogens with one attached hydrogen (secondary N) is 1. The molecule has 0 radical (unpaired) electrons. The fourth-order valence-electron chi connectivity index (χ4n) is 2.02. The minimum absolute atomic E-state index is 0.0402. The first-order valence-electron chi connectivity index (χ1n) is 6.01. The summed E-state index contributed by atoms with van der Waals surface area (Å²) in [6.45, 7) is 3.61. The van der Waals surface area contributed by atoms with Crippen LogP contribution in [0.1, 0.15) is 31.7 Å². The standard InChI is InChI=1S/C14H19NO2/c1-14(2,9-16)15-13(17)12-8-11(12)10-6-4-3-5-7-10/h3-7,11-12,16H,8-9H2,1-2H3,(H,15,17). The Balaban J connectivity index is 1.93. The Morgan fingerprint density at radius 1 is 1.41 bits per heavy atom. The van der Waals surface area contributed by atoms with Crippen molar-refractivity contribution in [3.05, 3.63) is 35.9 Å². The van der Waals surface area contributed by atoms with Gasteiger partial charge in [-0.25, -0.2) is 0 Å². The van der Waals surface area contributed by atoms with Gasteiger partial charge < -0.3 is 10.4 Å². The maximum absolute atomic E-state index is 11.9. The monoisotopic (exact) mass is 233 g/mol. The first kappa shape index (κ1) is 12.1. The van der Waals surface area contributed by atoms with Gasteiger partial charge in [-0.2, -0.15) is 0 Å². The molecule has 1 saturated carbocycles. The second-order valence-corrected chi connectivity index (χ2v) is 5.39. The molecule has 1 aromatic rings. The quantitative estimate of drug-likeness (QED) is 0.831. The maximum Gasteiger partial charge on any atom is 0.224 e. The summed E-state index contributed by atoms with van der Waals surface area (Å²) in [4.78, 5) is 11.9. The molecule has 0 aromatic heterocycles. The Morgan fingerprint density at radius 2 is 2.06 bits per heavy atom. The highest BCUT2D eigenvalue weighted by molar-refractivity contribution is 5.83. The average Bonchev–Trinajstić information content (AvgIpc) is 3.10. The lowest BCUT2D eigenvalue weighted by Gasteiger charge is -2.23. The molecule has 2 atom stereocenters. The number of aliphatic hydroxyl groups is 1. The minimum atomic E-state index is -0.527. The summed E-state index contributed by atoms with van der Waals surface area (Å²) in [5.74, 6) is 0.479. The van der Waals surface area contributed by atoms with Gasteiger partial charge in [0.25, 0.3) is 0 Å². The van der Waals surface area contributed by atoms with Crippen LogP contribution in [0.2, 0.25) is 0 Å². The summed E-state index contributed by atoms with van der Waals surface area (Å²) in [6, 6.07) is 10.1. The number of hydrogen-bond acceptors (Lipinski definition) is 2. The zero-order valence-corrected chi connectivity index (χ0v) is 10.3. The van der Waals surface area contributed by atoms with Crippen molar-refractivity contribution in [3.63, 3.8) is 0 Å². The third-order valence-electron chi connectivity index (χ3n) is 3.21. The highest BCUT2D eigenvalue weighted by Gasteiger charge is 2.44. The van der Waals surface area contributed by atoms with Crippen LogP contribution in [-0.4, -0.2) is 23.2 Å². The van der Waals surface area contributed by atoms with Crippen molar-refractivity contribution in [1.82, 2.24) is 5.32 Å². The lowest BCUT2D eigenvalue weighted by Crippen LogP contribution is -2.47. The smallest absolute Gasteiger partial charge is 0.224 e. The van der Waals surface area contributed by atoms with E-state index in [0.29, 0.717) is 5.92 Å². The molecule has 2 unspecified atom stereocenters. The van der Waals surface area contributed by atoms with E-state index in [1.807, 2.05) is 32.0 Å². The third kappa shape index (κ3) is 2.86. The van der Waals surface area contributed by atoms with Crippen LogP contribution >= 0.6 is 0 Å². The summed E-state index contributed by atoms with van der Waals surface area (Å²) in [7, 11) is 0. The molecule has 17 heavy (non-hydrogen) atoms. The number of carbonyl (C=O) groups is 1. The van der Waals surface area contributed by atoms with Gasteiger partial charge in [-0.05, 0) is 31.7 Å². The predicted molar refractivity (Wildman–Crippen MR) is 66.6 cm³/mol. The summed E-state index contributed by atoms with van der Waals surface area (Å²) >= 11 is 0. The molecule has 2 rings (SSSR count). The van der Waals surface area contributed by atoms with E-state index in [4.69, 9.17) is 5.11 Å². The zero-order chi connectivity index (χ0) is 12.5. The Kier molecular flexibility index (Phi) is 3.20. The highest BCUT2D eigenvalue weighted by Crippen LogP contribution is 2.47. The van der Waals surface area contributed by atoms with E-state index in [-0.39, 0.29) is 18.4 Å². The second kappa shape index (κ2) is 4.49. The molecule has 92 valence electrons. The number of hydrogen-bond donors (Lipinski definition) is 2. The van der Waals surface area contributed by atoms with Gasteiger partial charge in [0.2, 0.25) is 5.91 Å². The molecule has 0 heterocycles. The summed E-state index contributed by atoms with van der Waals surface area (Å²) in [5, 5.41) is 12.0. The van der Waals surface area contributed by atoms with Crippen molar-refractivity contribution in [2.24, 2.45) is 5.92 Å². The SMILES string of the molecule is CC(C)(CO)NC(=O)C1CC1c1ccccc1. The second-order valence-electron chi connectivity index (χ2n) is 5.39. The van der Waals surface area contributed by atoms with E-state index in [0.717, 1.165) is 6.42 Å². The topological polar surface area (TPSA) is 49.3 Å². The molecule has 1 aliphatic rings. The molecule has 0 bridgehead atoms. The Bertz CT molecular complexity index is 400. The van der Waals surface area contributed by atoms with Gasteiger partial charge in [-0.1, -0.05) is 30.3 Å². The van der Waals surface area contributed by atoms with Gasteiger partial charge in [0.05, 0.1) is 12.1 Å². The third-order valence-corrected chi connectivity index (χ3v) is 3.21. The lowest BCUT2D eigenvalue weighted by molar-refractivity contribution is -0.124. The molecular formula is C14H19NO2. The number of benzene rings is 1. The number of aliphatic hydroxyl groups excluding tert-OH is 1. The van der Waals surface area contributed by atoms with Gasteiger partial charge in [0.1, 0.15) is 0 Å². The molecule has 3 nitrogen and oxygen atoms in total. The van der Waals surface area contributed by atoms with Crippen molar-refractivity contribution in [1.29, 1.82) is 0 Å². The van der Waals surface area contributed by atoms with Crippen LogP contribution in [0, 0.1) is 5.92 Å². The van der Waals surface area contributed by atoms with Gasteiger partial charge in [0.15, 0.2) is 0 Å². The normalized spacial score (nSPS) is 23.2. The Hall–Kier alpha value is -1.35. The molecule has 1 aromatic carbocycles. The first-order valence-corrected chi connectivity index (χ1v) is 6.01. The van der Waals surface area contributed by atoms with Crippen LogP contribution in [0.4, 0.5) is 0 Å². The molecule has 1 fully saturated rings. The Labute approximate surface area is 102 Å². The lowest BCUT2D eigenvalue weighted by atomic mass is 10.1. The molecule has 1 amide bonds.